The Labute approximate surface area is 158 Å². The van der Waals surface area contributed by atoms with Crippen molar-refractivity contribution in [1.29, 1.82) is 0 Å². The number of nitrogens with zero attached hydrogens (tertiary/aromatic N) is 1. The lowest BCUT2D eigenvalue weighted by molar-refractivity contribution is -0.142. The Morgan fingerprint density at radius 1 is 1.15 bits per heavy atom. The first-order valence-corrected chi connectivity index (χ1v) is 8.70. The lowest BCUT2D eigenvalue weighted by Gasteiger charge is -2.17. The Morgan fingerprint density at radius 3 is 2.67 bits per heavy atom. The standard InChI is InChI=1S/C21H23N3O3/c1-24(2)16-8-6-7-14(11-16)20(25)23-19(21(26)27-3)12-15-13-22-18-10-5-4-9-17(15)18/h4-11,13,19,22H,12H2,1-3H3,(H,23,25)/t19-/m1/s1. The molecule has 0 unspecified atom stereocenters. The third-order valence-corrected chi connectivity index (χ3v) is 4.51. The molecule has 0 saturated heterocycles. The zero-order chi connectivity index (χ0) is 19.4. The molecule has 6 nitrogen and oxygen atoms in total. The van der Waals surface area contributed by atoms with Crippen molar-refractivity contribution in [3.8, 4) is 0 Å². The molecule has 2 aromatic carbocycles. The number of hydrogen-bond acceptors (Lipinski definition) is 4. The first-order chi connectivity index (χ1) is 13.0. The van der Waals surface area contributed by atoms with E-state index in [0.717, 1.165) is 22.2 Å². The maximum absolute atomic E-state index is 12.7. The van der Waals surface area contributed by atoms with Crippen molar-refractivity contribution in [1.82, 2.24) is 10.3 Å². The molecule has 3 aromatic rings. The second-order valence-electron chi connectivity index (χ2n) is 6.56. The molecule has 2 N–H and O–H groups in total. The third kappa shape index (κ3) is 4.11. The number of anilines is 1. The number of nitrogens with one attached hydrogen (secondary N) is 2. The van der Waals surface area contributed by atoms with Crippen LogP contribution in [-0.4, -0.2) is 44.1 Å². The fourth-order valence-corrected chi connectivity index (χ4v) is 3.02. The van der Waals surface area contributed by atoms with Crippen LogP contribution in [0.3, 0.4) is 0 Å². The van der Waals surface area contributed by atoms with Gasteiger partial charge in [0.05, 0.1) is 7.11 Å². The number of fused-ring (bicyclic) bond motifs is 1. The molecule has 0 bridgehead atoms. The van der Waals surface area contributed by atoms with Crippen molar-refractivity contribution in [2.24, 2.45) is 0 Å². The Balaban J connectivity index is 1.82. The first-order valence-electron chi connectivity index (χ1n) is 8.70. The number of benzene rings is 2. The van der Waals surface area contributed by atoms with Crippen LogP contribution in [-0.2, 0) is 16.0 Å². The number of methoxy groups -OCH3 is 1. The van der Waals surface area contributed by atoms with Gasteiger partial charge in [-0.25, -0.2) is 4.79 Å². The number of carbonyl (C=O) groups excluding carboxylic acids is 2. The van der Waals surface area contributed by atoms with Gasteiger partial charge < -0.3 is 19.9 Å². The van der Waals surface area contributed by atoms with E-state index in [1.165, 1.54) is 7.11 Å². The summed E-state index contributed by atoms with van der Waals surface area (Å²) in [7, 11) is 5.14. The lowest BCUT2D eigenvalue weighted by atomic mass is 10.0. The molecule has 1 aromatic heterocycles. The summed E-state index contributed by atoms with van der Waals surface area (Å²) in [6.07, 6.45) is 2.20. The van der Waals surface area contributed by atoms with Crippen molar-refractivity contribution >= 4 is 28.5 Å². The van der Waals surface area contributed by atoms with E-state index in [-0.39, 0.29) is 5.91 Å². The molecule has 6 heteroatoms. The highest BCUT2D eigenvalue weighted by atomic mass is 16.5. The molecule has 27 heavy (non-hydrogen) atoms. The molecular weight excluding hydrogens is 342 g/mol. The van der Waals surface area contributed by atoms with Crippen LogP contribution in [0.25, 0.3) is 10.9 Å². The zero-order valence-corrected chi connectivity index (χ0v) is 15.7. The van der Waals surface area contributed by atoms with Crippen LogP contribution in [0.15, 0.2) is 54.7 Å². The minimum atomic E-state index is -0.773. The van der Waals surface area contributed by atoms with Gasteiger partial charge in [-0.1, -0.05) is 24.3 Å². The average Bonchev–Trinajstić information content (AvgIpc) is 3.09. The molecule has 3 rings (SSSR count). The molecule has 0 aliphatic rings. The van der Waals surface area contributed by atoms with Crippen molar-refractivity contribution in [3.63, 3.8) is 0 Å². The predicted molar refractivity (Wildman–Crippen MR) is 106 cm³/mol. The van der Waals surface area contributed by atoms with E-state index in [1.54, 1.807) is 12.1 Å². The first kappa shape index (κ1) is 18.5. The number of para-hydroxylation sites is 1. The van der Waals surface area contributed by atoms with Gasteiger partial charge in [0, 0.05) is 48.9 Å². The van der Waals surface area contributed by atoms with Gasteiger partial charge in [0.1, 0.15) is 6.04 Å². The summed E-state index contributed by atoms with van der Waals surface area (Å²) >= 11 is 0. The van der Waals surface area contributed by atoms with Crippen LogP contribution in [0, 0.1) is 0 Å². The highest BCUT2D eigenvalue weighted by Gasteiger charge is 2.24. The Morgan fingerprint density at radius 2 is 1.93 bits per heavy atom. The number of aromatic amines is 1. The van der Waals surface area contributed by atoms with Crippen LogP contribution in [0.2, 0.25) is 0 Å². The number of amides is 1. The Kier molecular flexibility index (Phi) is 5.45. The molecule has 0 aliphatic carbocycles. The molecule has 0 spiro atoms. The zero-order valence-electron chi connectivity index (χ0n) is 15.7. The monoisotopic (exact) mass is 365 g/mol. The molecule has 1 atom stereocenters. The topological polar surface area (TPSA) is 74.4 Å². The minimum absolute atomic E-state index is 0.311. The van der Waals surface area contributed by atoms with E-state index in [2.05, 4.69) is 10.3 Å². The quantitative estimate of drug-likeness (QED) is 0.659. The molecule has 1 amide bonds. The van der Waals surface area contributed by atoms with Crippen LogP contribution >= 0.6 is 0 Å². The van der Waals surface area contributed by atoms with E-state index < -0.39 is 12.0 Å². The number of rotatable bonds is 6. The summed E-state index contributed by atoms with van der Waals surface area (Å²) < 4.78 is 4.90. The number of hydrogen-bond donors (Lipinski definition) is 2. The maximum Gasteiger partial charge on any atom is 0.328 e. The summed E-state index contributed by atoms with van der Waals surface area (Å²) in [5.74, 6) is -0.786. The number of H-pyrrole nitrogens is 1. The van der Waals surface area contributed by atoms with Gasteiger partial charge in [0.25, 0.3) is 5.91 Å². The highest BCUT2D eigenvalue weighted by Crippen LogP contribution is 2.20. The summed E-state index contributed by atoms with van der Waals surface area (Å²) in [5.41, 5.74) is 3.34. The van der Waals surface area contributed by atoms with E-state index in [4.69, 9.17) is 4.74 Å². The molecular formula is C21H23N3O3. The van der Waals surface area contributed by atoms with Crippen molar-refractivity contribution < 1.29 is 14.3 Å². The van der Waals surface area contributed by atoms with Gasteiger partial charge in [-0.15, -0.1) is 0 Å². The Hall–Kier alpha value is -3.28. The summed E-state index contributed by atoms with van der Waals surface area (Å²) in [6.45, 7) is 0. The molecule has 1 heterocycles. The number of ether oxygens (including phenoxy) is 1. The van der Waals surface area contributed by atoms with E-state index in [1.807, 2.05) is 61.6 Å². The second-order valence-corrected chi connectivity index (χ2v) is 6.56. The maximum atomic E-state index is 12.7. The van der Waals surface area contributed by atoms with Crippen molar-refractivity contribution in [2.75, 3.05) is 26.1 Å². The fraction of sp³-hybridized carbons (Fsp3) is 0.238. The van der Waals surface area contributed by atoms with Crippen LogP contribution < -0.4 is 10.2 Å². The van der Waals surface area contributed by atoms with Gasteiger partial charge in [-0.05, 0) is 29.8 Å². The number of esters is 1. The fourth-order valence-electron chi connectivity index (χ4n) is 3.02. The van der Waals surface area contributed by atoms with Crippen LogP contribution in [0.1, 0.15) is 15.9 Å². The lowest BCUT2D eigenvalue weighted by Crippen LogP contribution is -2.43. The highest BCUT2D eigenvalue weighted by molar-refractivity contribution is 5.97. The molecule has 0 fully saturated rings. The molecule has 0 radical (unpaired) electrons. The van der Waals surface area contributed by atoms with Crippen molar-refractivity contribution in [3.05, 3.63) is 65.9 Å². The summed E-state index contributed by atoms with van der Waals surface area (Å²) in [5, 5.41) is 3.83. The number of carbonyl (C=O) groups is 2. The summed E-state index contributed by atoms with van der Waals surface area (Å²) in [4.78, 5) is 30.1. The van der Waals surface area contributed by atoms with Crippen molar-refractivity contribution in [2.45, 2.75) is 12.5 Å². The average molecular weight is 365 g/mol. The number of aromatic nitrogens is 1. The second kappa shape index (κ2) is 7.95. The van der Waals surface area contributed by atoms with E-state index >= 15 is 0 Å². The van der Waals surface area contributed by atoms with Crippen LogP contribution in [0.5, 0.6) is 0 Å². The van der Waals surface area contributed by atoms with Gasteiger partial charge in [0.15, 0.2) is 0 Å². The molecule has 0 saturated carbocycles. The van der Waals surface area contributed by atoms with E-state index in [9.17, 15) is 9.59 Å². The SMILES string of the molecule is COC(=O)[C@@H](Cc1c[nH]c2ccccc12)NC(=O)c1cccc(N(C)C)c1. The largest absolute Gasteiger partial charge is 0.467 e. The van der Waals surface area contributed by atoms with Gasteiger partial charge in [-0.2, -0.15) is 0 Å². The third-order valence-electron chi connectivity index (χ3n) is 4.51. The van der Waals surface area contributed by atoms with E-state index in [0.29, 0.717) is 12.0 Å². The predicted octanol–water partition coefficient (Wildman–Crippen LogP) is 2.75. The van der Waals surface area contributed by atoms with Crippen LogP contribution in [0.4, 0.5) is 5.69 Å². The molecule has 0 aliphatic heterocycles. The van der Waals surface area contributed by atoms with Gasteiger partial charge in [-0.3, -0.25) is 4.79 Å². The minimum Gasteiger partial charge on any atom is -0.467 e. The van der Waals surface area contributed by atoms with Gasteiger partial charge in [0.2, 0.25) is 0 Å². The van der Waals surface area contributed by atoms with Gasteiger partial charge >= 0.3 is 5.97 Å². The molecule has 140 valence electrons. The smallest absolute Gasteiger partial charge is 0.328 e. The summed E-state index contributed by atoms with van der Waals surface area (Å²) in [6, 6.07) is 14.3. The Bertz CT molecular complexity index is 962. The normalized spacial score (nSPS) is 11.8.